The first-order valence-electron chi connectivity index (χ1n) is 11.4. The Labute approximate surface area is 187 Å². The third-order valence-corrected chi connectivity index (χ3v) is 8.26. The van der Waals surface area contributed by atoms with Crippen LogP contribution in [0.25, 0.3) is 0 Å². The molecule has 0 aromatic heterocycles. The molecular formula is C29H23NO2. The fourth-order valence-electron chi connectivity index (χ4n) is 7.23. The van der Waals surface area contributed by atoms with E-state index in [-0.39, 0.29) is 29.7 Å². The zero-order valence-corrected chi connectivity index (χ0v) is 18.1. The lowest BCUT2D eigenvalue weighted by Crippen LogP contribution is -2.57. The molecule has 1 heterocycles. The molecule has 4 aliphatic carbocycles. The number of imide groups is 1. The molecule has 2 unspecified atom stereocenters. The van der Waals surface area contributed by atoms with Gasteiger partial charge in [0.25, 0.3) is 0 Å². The quantitative estimate of drug-likeness (QED) is 0.421. The van der Waals surface area contributed by atoms with E-state index >= 15 is 0 Å². The monoisotopic (exact) mass is 417 g/mol. The molecule has 3 heteroatoms. The van der Waals surface area contributed by atoms with Crippen LogP contribution in [0.15, 0.2) is 84.9 Å². The van der Waals surface area contributed by atoms with Crippen molar-refractivity contribution in [1.82, 2.24) is 4.90 Å². The van der Waals surface area contributed by atoms with Gasteiger partial charge in [-0.3, -0.25) is 14.5 Å². The highest BCUT2D eigenvalue weighted by Gasteiger charge is 2.75. The maximum Gasteiger partial charge on any atom is 0.246 e. The Morgan fingerprint density at radius 3 is 1.84 bits per heavy atom. The molecule has 1 fully saturated rings. The summed E-state index contributed by atoms with van der Waals surface area (Å²) in [5.74, 6) is 0.0217. The van der Waals surface area contributed by atoms with Crippen LogP contribution in [0.3, 0.4) is 0 Å². The second-order valence-electron chi connectivity index (χ2n) is 9.76. The molecule has 2 amide bonds. The van der Waals surface area contributed by atoms with Crippen molar-refractivity contribution in [3.63, 3.8) is 0 Å². The van der Waals surface area contributed by atoms with E-state index in [1.165, 1.54) is 21.6 Å². The van der Waals surface area contributed by atoms with Crippen LogP contribution in [0.4, 0.5) is 0 Å². The highest BCUT2D eigenvalue weighted by atomic mass is 16.2. The van der Waals surface area contributed by atoms with Gasteiger partial charge in [0.15, 0.2) is 0 Å². The lowest BCUT2D eigenvalue weighted by molar-refractivity contribution is -0.142. The highest BCUT2D eigenvalue weighted by Crippen LogP contribution is 2.68. The summed E-state index contributed by atoms with van der Waals surface area (Å²) in [6.45, 7) is 3.87. The van der Waals surface area contributed by atoms with Crippen LogP contribution in [0.2, 0.25) is 0 Å². The summed E-state index contributed by atoms with van der Waals surface area (Å²) in [5.41, 5.74) is 4.30. The molecule has 4 bridgehead atoms. The van der Waals surface area contributed by atoms with Gasteiger partial charge in [-0.15, -0.1) is 0 Å². The smallest absolute Gasteiger partial charge is 0.246 e. The van der Waals surface area contributed by atoms with E-state index in [4.69, 9.17) is 0 Å². The standard InChI is InChI=1S/C29H23NO2/c1-17(2)30-26(31)28-16-15-19(18-9-3-6-12-22(18)28)25-20-10-4-7-13-23(20)29(28,27(30)32)24-14-8-5-11-21(24)25/h3-17,19,25H,1-2H3. The Bertz CT molecular complexity index is 1340. The molecule has 0 N–H and O–H groups in total. The van der Waals surface area contributed by atoms with Crippen molar-refractivity contribution in [3.05, 3.63) is 118 Å². The Kier molecular flexibility index (Phi) is 3.21. The average molecular weight is 418 g/mol. The zero-order valence-electron chi connectivity index (χ0n) is 18.1. The third kappa shape index (κ3) is 1.65. The van der Waals surface area contributed by atoms with Crippen LogP contribution >= 0.6 is 0 Å². The van der Waals surface area contributed by atoms with E-state index in [9.17, 15) is 9.59 Å². The first-order valence-corrected chi connectivity index (χ1v) is 11.4. The van der Waals surface area contributed by atoms with E-state index in [1.54, 1.807) is 0 Å². The summed E-state index contributed by atoms with van der Waals surface area (Å²) >= 11 is 0. The summed E-state index contributed by atoms with van der Waals surface area (Å²) in [6.07, 6.45) is 4.30. The number of allylic oxidation sites excluding steroid dienone is 1. The minimum absolute atomic E-state index is 0.101. The number of carbonyl (C=O) groups is 2. The number of likely N-dealkylation sites (tertiary alicyclic amines) is 1. The zero-order chi connectivity index (χ0) is 21.8. The van der Waals surface area contributed by atoms with E-state index in [0.29, 0.717) is 0 Å². The first kappa shape index (κ1) is 18.1. The van der Waals surface area contributed by atoms with Crippen molar-refractivity contribution >= 4 is 11.8 Å². The molecule has 5 aliphatic rings. The Balaban J connectivity index is 1.78. The number of hydrogen-bond acceptors (Lipinski definition) is 2. The number of carbonyl (C=O) groups excluding carboxylic acids is 2. The molecule has 2 atom stereocenters. The van der Waals surface area contributed by atoms with Crippen molar-refractivity contribution in [2.75, 3.05) is 0 Å². The average Bonchev–Trinajstić information content (AvgIpc) is 2.97. The number of hydrogen-bond donors (Lipinski definition) is 0. The maximum absolute atomic E-state index is 14.6. The molecule has 0 radical (unpaired) electrons. The Morgan fingerprint density at radius 2 is 1.25 bits per heavy atom. The van der Waals surface area contributed by atoms with Gasteiger partial charge >= 0.3 is 0 Å². The molecule has 0 saturated carbocycles. The topological polar surface area (TPSA) is 37.4 Å². The van der Waals surface area contributed by atoms with Gasteiger partial charge in [-0.2, -0.15) is 0 Å². The van der Waals surface area contributed by atoms with Gasteiger partial charge in [-0.1, -0.05) is 84.9 Å². The molecule has 1 aliphatic heterocycles. The number of benzene rings is 3. The van der Waals surface area contributed by atoms with Gasteiger partial charge < -0.3 is 0 Å². The highest BCUT2D eigenvalue weighted by molar-refractivity contribution is 6.20. The fraction of sp³-hybridized carbons (Fsp3) is 0.241. The van der Waals surface area contributed by atoms with Crippen molar-refractivity contribution < 1.29 is 9.59 Å². The van der Waals surface area contributed by atoms with Crippen LogP contribution in [0.5, 0.6) is 0 Å². The molecular weight excluding hydrogens is 394 g/mol. The molecule has 1 saturated heterocycles. The van der Waals surface area contributed by atoms with Gasteiger partial charge in [0, 0.05) is 17.9 Å². The maximum atomic E-state index is 14.6. The largest absolute Gasteiger partial charge is 0.278 e. The molecule has 3 aromatic carbocycles. The summed E-state index contributed by atoms with van der Waals surface area (Å²) in [6, 6.07) is 24.7. The molecule has 32 heavy (non-hydrogen) atoms. The lowest BCUT2D eigenvalue weighted by Gasteiger charge is -2.53. The van der Waals surface area contributed by atoms with Gasteiger partial charge in [-0.25, -0.2) is 0 Å². The van der Waals surface area contributed by atoms with E-state index < -0.39 is 10.8 Å². The second-order valence-corrected chi connectivity index (χ2v) is 9.76. The summed E-state index contributed by atoms with van der Waals surface area (Å²) < 4.78 is 0. The Morgan fingerprint density at radius 1 is 0.719 bits per heavy atom. The normalized spacial score (nSPS) is 30.7. The second kappa shape index (κ2) is 5.66. The van der Waals surface area contributed by atoms with Crippen molar-refractivity contribution in [1.29, 1.82) is 0 Å². The molecule has 3 aromatic rings. The van der Waals surface area contributed by atoms with E-state index in [2.05, 4.69) is 66.7 Å². The first-order chi connectivity index (χ1) is 15.5. The molecule has 2 spiro atoms. The van der Waals surface area contributed by atoms with Crippen LogP contribution in [0, 0.1) is 0 Å². The van der Waals surface area contributed by atoms with Crippen LogP contribution in [-0.4, -0.2) is 22.8 Å². The summed E-state index contributed by atoms with van der Waals surface area (Å²) in [5, 5.41) is 0. The van der Waals surface area contributed by atoms with Crippen LogP contribution in [-0.2, 0) is 20.4 Å². The van der Waals surface area contributed by atoms with E-state index in [1.807, 2.05) is 32.0 Å². The molecule has 156 valence electrons. The predicted molar refractivity (Wildman–Crippen MR) is 122 cm³/mol. The van der Waals surface area contributed by atoms with Gasteiger partial charge in [0.2, 0.25) is 11.8 Å². The number of nitrogens with zero attached hydrogens (tertiary/aromatic N) is 1. The van der Waals surface area contributed by atoms with Crippen LogP contribution < -0.4 is 0 Å². The van der Waals surface area contributed by atoms with Gasteiger partial charge in [0.1, 0.15) is 10.8 Å². The van der Waals surface area contributed by atoms with E-state index in [0.717, 1.165) is 16.7 Å². The summed E-state index contributed by atoms with van der Waals surface area (Å²) in [7, 11) is 0. The minimum atomic E-state index is -1.10. The predicted octanol–water partition coefficient (Wildman–Crippen LogP) is 4.80. The van der Waals surface area contributed by atoms with Crippen molar-refractivity contribution in [2.24, 2.45) is 0 Å². The molecule has 8 rings (SSSR count). The number of rotatable bonds is 1. The van der Waals surface area contributed by atoms with Crippen LogP contribution in [0.1, 0.15) is 59.1 Å². The Hall–Kier alpha value is -3.46. The SMILES string of the molecule is CC(C)N1C(=O)C23C=CC(c4ccccc42)C2c4ccccc4C3(C1=O)c1ccccc12. The third-order valence-electron chi connectivity index (χ3n) is 8.26. The number of amides is 2. The fourth-order valence-corrected chi connectivity index (χ4v) is 7.23. The van der Waals surface area contributed by atoms with Gasteiger partial charge in [-0.05, 0) is 47.2 Å². The lowest BCUT2D eigenvalue weighted by atomic mass is 9.45. The summed E-state index contributed by atoms with van der Waals surface area (Å²) in [4.78, 5) is 30.6. The van der Waals surface area contributed by atoms with Gasteiger partial charge in [0.05, 0.1) is 0 Å². The molecule has 3 nitrogen and oxygen atoms in total. The minimum Gasteiger partial charge on any atom is -0.278 e. The van der Waals surface area contributed by atoms with Crippen molar-refractivity contribution in [3.8, 4) is 0 Å². The van der Waals surface area contributed by atoms with Crippen molar-refractivity contribution in [2.45, 2.75) is 42.6 Å².